The predicted molar refractivity (Wildman–Crippen MR) is 93.7 cm³/mol. The van der Waals surface area contributed by atoms with Crippen LogP contribution >= 0.6 is 0 Å². The fourth-order valence-corrected chi connectivity index (χ4v) is 3.40. The molecule has 1 N–H and O–H groups in total. The van der Waals surface area contributed by atoms with Gasteiger partial charge in [-0.05, 0) is 48.6 Å². The van der Waals surface area contributed by atoms with Crippen LogP contribution in [0.15, 0.2) is 48.5 Å². The first kappa shape index (κ1) is 17.1. The first-order chi connectivity index (χ1) is 12.0. The molecule has 0 radical (unpaired) electrons. The summed E-state index contributed by atoms with van der Waals surface area (Å²) in [5, 5.41) is 19.9. The van der Waals surface area contributed by atoms with Gasteiger partial charge in [0.05, 0.1) is 10.5 Å². The molecule has 0 spiro atoms. The Kier molecular flexibility index (Phi) is 5.09. The van der Waals surface area contributed by atoms with Gasteiger partial charge >= 0.3 is 5.97 Å². The van der Waals surface area contributed by atoms with Crippen LogP contribution in [0.5, 0.6) is 0 Å². The van der Waals surface area contributed by atoms with Crippen molar-refractivity contribution in [1.82, 2.24) is 4.90 Å². The molecule has 2 aromatic carbocycles. The van der Waals surface area contributed by atoms with Crippen molar-refractivity contribution in [3.05, 3.63) is 75.3 Å². The number of likely N-dealkylation sites (tertiary alicyclic amines) is 1. The van der Waals surface area contributed by atoms with Gasteiger partial charge in [-0.25, -0.2) is 4.79 Å². The molecule has 1 aliphatic rings. The SMILES string of the molecule is O=C(O)c1cccc(CN2CCCC(c3ccc([N+](=O)[O-])cc3)C2)c1. The van der Waals surface area contributed by atoms with Crippen molar-refractivity contribution < 1.29 is 14.8 Å². The van der Waals surface area contributed by atoms with E-state index in [1.54, 1.807) is 30.3 Å². The summed E-state index contributed by atoms with van der Waals surface area (Å²) in [6.07, 6.45) is 2.11. The lowest BCUT2D eigenvalue weighted by Crippen LogP contribution is -2.33. The normalized spacial score (nSPS) is 18.0. The molecule has 0 saturated carbocycles. The highest BCUT2D eigenvalue weighted by molar-refractivity contribution is 5.87. The second-order valence-corrected chi connectivity index (χ2v) is 6.43. The summed E-state index contributed by atoms with van der Waals surface area (Å²) in [6.45, 7) is 2.56. The van der Waals surface area contributed by atoms with E-state index in [1.807, 2.05) is 18.2 Å². The quantitative estimate of drug-likeness (QED) is 0.663. The highest BCUT2D eigenvalue weighted by atomic mass is 16.6. The van der Waals surface area contributed by atoms with Gasteiger partial charge < -0.3 is 5.11 Å². The largest absolute Gasteiger partial charge is 0.478 e. The Labute approximate surface area is 145 Å². The Morgan fingerprint density at radius 2 is 2.00 bits per heavy atom. The Balaban J connectivity index is 1.67. The fourth-order valence-electron chi connectivity index (χ4n) is 3.40. The zero-order valence-electron chi connectivity index (χ0n) is 13.8. The van der Waals surface area contributed by atoms with E-state index in [-0.39, 0.29) is 10.6 Å². The van der Waals surface area contributed by atoms with Gasteiger partial charge in [0.1, 0.15) is 0 Å². The van der Waals surface area contributed by atoms with Crippen LogP contribution in [0.25, 0.3) is 0 Å². The number of carboxylic acids is 1. The summed E-state index contributed by atoms with van der Waals surface area (Å²) in [4.78, 5) is 23.8. The van der Waals surface area contributed by atoms with Crippen molar-refractivity contribution in [2.24, 2.45) is 0 Å². The van der Waals surface area contributed by atoms with Crippen molar-refractivity contribution in [3.63, 3.8) is 0 Å². The van der Waals surface area contributed by atoms with Gasteiger partial charge in [-0.3, -0.25) is 15.0 Å². The number of nitro groups is 1. The summed E-state index contributed by atoms with van der Waals surface area (Å²) in [5.41, 5.74) is 2.53. The van der Waals surface area contributed by atoms with Crippen LogP contribution in [-0.4, -0.2) is 34.0 Å². The number of hydrogen-bond acceptors (Lipinski definition) is 4. The molecule has 1 aliphatic heterocycles. The van der Waals surface area contributed by atoms with Crippen LogP contribution in [-0.2, 0) is 6.54 Å². The molecular formula is C19H20N2O4. The van der Waals surface area contributed by atoms with Crippen LogP contribution in [0.3, 0.4) is 0 Å². The number of non-ortho nitro benzene ring substituents is 1. The maximum Gasteiger partial charge on any atom is 0.335 e. The van der Waals surface area contributed by atoms with E-state index in [2.05, 4.69) is 4.90 Å². The zero-order chi connectivity index (χ0) is 17.8. The smallest absolute Gasteiger partial charge is 0.335 e. The third-order valence-corrected chi connectivity index (χ3v) is 4.66. The molecule has 0 aliphatic carbocycles. The zero-order valence-corrected chi connectivity index (χ0v) is 13.8. The molecule has 2 aromatic rings. The standard InChI is InChI=1S/C19H20N2O4/c22-19(23)16-4-1-3-14(11-16)12-20-10-2-5-17(13-20)15-6-8-18(9-7-15)21(24)25/h1,3-4,6-9,11,17H,2,5,10,12-13H2,(H,22,23). The van der Waals surface area contributed by atoms with Crippen molar-refractivity contribution in [2.75, 3.05) is 13.1 Å². The summed E-state index contributed by atoms with van der Waals surface area (Å²) in [6, 6.07) is 13.8. The van der Waals surface area contributed by atoms with Gasteiger partial charge in [-0.2, -0.15) is 0 Å². The van der Waals surface area contributed by atoms with Gasteiger partial charge in [0, 0.05) is 25.2 Å². The van der Waals surface area contributed by atoms with Crippen molar-refractivity contribution in [1.29, 1.82) is 0 Å². The van der Waals surface area contributed by atoms with Gasteiger partial charge in [0.25, 0.3) is 5.69 Å². The van der Waals surface area contributed by atoms with Crippen molar-refractivity contribution >= 4 is 11.7 Å². The summed E-state index contributed by atoms with van der Waals surface area (Å²) >= 11 is 0. The lowest BCUT2D eigenvalue weighted by atomic mass is 9.90. The number of hydrogen-bond donors (Lipinski definition) is 1. The molecule has 1 atom stereocenters. The maximum atomic E-state index is 11.1. The van der Waals surface area contributed by atoms with Gasteiger partial charge in [0.2, 0.25) is 0 Å². The van der Waals surface area contributed by atoms with E-state index >= 15 is 0 Å². The average molecular weight is 340 g/mol. The lowest BCUT2D eigenvalue weighted by molar-refractivity contribution is -0.384. The highest BCUT2D eigenvalue weighted by Crippen LogP contribution is 2.29. The number of nitrogens with zero attached hydrogens (tertiary/aromatic N) is 2. The summed E-state index contributed by atoms with van der Waals surface area (Å²) in [5.74, 6) is -0.568. The molecule has 3 rings (SSSR count). The van der Waals surface area contributed by atoms with Gasteiger partial charge in [-0.15, -0.1) is 0 Å². The Hall–Kier alpha value is -2.73. The topological polar surface area (TPSA) is 83.7 Å². The average Bonchev–Trinajstić information content (AvgIpc) is 2.62. The van der Waals surface area contributed by atoms with E-state index in [0.29, 0.717) is 18.0 Å². The summed E-state index contributed by atoms with van der Waals surface area (Å²) in [7, 11) is 0. The Morgan fingerprint density at radius 3 is 2.68 bits per heavy atom. The molecule has 1 heterocycles. The van der Waals surface area contributed by atoms with E-state index in [9.17, 15) is 14.9 Å². The number of nitro benzene ring substituents is 1. The number of carboxylic acid groups (broad SMARTS) is 1. The van der Waals surface area contributed by atoms with Gasteiger partial charge in [-0.1, -0.05) is 24.3 Å². The van der Waals surface area contributed by atoms with Crippen LogP contribution in [0.4, 0.5) is 5.69 Å². The minimum absolute atomic E-state index is 0.113. The van der Waals surface area contributed by atoms with Crippen LogP contribution < -0.4 is 0 Å². The monoisotopic (exact) mass is 340 g/mol. The minimum atomic E-state index is -0.913. The van der Waals surface area contributed by atoms with E-state index in [1.165, 1.54) is 0 Å². The molecule has 6 heteroatoms. The number of benzene rings is 2. The van der Waals surface area contributed by atoms with Crippen molar-refractivity contribution in [2.45, 2.75) is 25.3 Å². The molecule has 1 unspecified atom stereocenters. The Bertz CT molecular complexity index is 773. The fraction of sp³-hybridized carbons (Fsp3) is 0.316. The minimum Gasteiger partial charge on any atom is -0.478 e. The van der Waals surface area contributed by atoms with Crippen molar-refractivity contribution in [3.8, 4) is 0 Å². The number of rotatable bonds is 5. The summed E-state index contributed by atoms with van der Waals surface area (Å²) < 4.78 is 0. The van der Waals surface area contributed by atoms with E-state index < -0.39 is 5.97 Å². The molecule has 25 heavy (non-hydrogen) atoms. The van der Waals surface area contributed by atoms with Gasteiger partial charge in [0.15, 0.2) is 0 Å². The lowest BCUT2D eigenvalue weighted by Gasteiger charge is -2.33. The third-order valence-electron chi connectivity index (χ3n) is 4.66. The predicted octanol–water partition coefficient (Wildman–Crippen LogP) is 3.67. The third kappa shape index (κ3) is 4.22. The second kappa shape index (κ2) is 7.44. The van der Waals surface area contributed by atoms with Crippen LogP contribution in [0.1, 0.15) is 40.2 Å². The van der Waals surface area contributed by atoms with E-state index in [4.69, 9.17) is 5.11 Å². The first-order valence-electron chi connectivity index (χ1n) is 8.32. The molecule has 130 valence electrons. The first-order valence-corrected chi connectivity index (χ1v) is 8.32. The van der Waals surface area contributed by atoms with E-state index in [0.717, 1.165) is 37.1 Å². The molecule has 1 saturated heterocycles. The highest BCUT2D eigenvalue weighted by Gasteiger charge is 2.22. The molecule has 6 nitrogen and oxygen atoms in total. The van der Waals surface area contributed by atoms with Crippen LogP contribution in [0, 0.1) is 10.1 Å². The molecule has 0 aromatic heterocycles. The maximum absolute atomic E-state index is 11.1. The molecule has 0 amide bonds. The van der Waals surface area contributed by atoms with Crippen LogP contribution in [0.2, 0.25) is 0 Å². The molecular weight excluding hydrogens is 320 g/mol. The number of aromatic carboxylic acids is 1. The molecule has 1 fully saturated rings. The second-order valence-electron chi connectivity index (χ2n) is 6.43. The number of carbonyl (C=O) groups is 1. The molecule has 0 bridgehead atoms. The Morgan fingerprint density at radius 1 is 1.24 bits per heavy atom. The number of piperidine rings is 1.